The lowest BCUT2D eigenvalue weighted by atomic mass is 10.1. The molecule has 184 valence electrons. The molecule has 5 heteroatoms. The molecule has 0 saturated carbocycles. The van der Waals surface area contributed by atoms with Crippen LogP contribution in [0.15, 0.2) is 100 Å². The Bertz CT molecular complexity index is 1610. The van der Waals surface area contributed by atoms with Crippen molar-refractivity contribution in [1.82, 2.24) is 4.57 Å². The molecule has 5 aromatic rings. The summed E-state index contributed by atoms with van der Waals surface area (Å²) in [5.41, 5.74) is 4.66. The van der Waals surface area contributed by atoms with Gasteiger partial charge in [0.25, 0.3) is 0 Å². The highest BCUT2D eigenvalue weighted by molar-refractivity contribution is 9.10. The van der Waals surface area contributed by atoms with Gasteiger partial charge in [0, 0.05) is 43.3 Å². The smallest absolute Gasteiger partial charge is 0.173 e. The van der Waals surface area contributed by atoms with Crippen molar-refractivity contribution >= 4 is 56.0 Å². The molecule has 0 radical (unpaired) electrons. The molecule has 4 aromatic carbocycles. The second-order valence-corrected chi connectivity index (χ2v) is 14.5. The average molecular weight is 559 g/mol. The van der Waals surface area contributed by atoms with E-state index in [0.29, 0.717) is 0 Å². The van der Waals surface area contributed by atoms with Crippen molar-refractivity contribution in [3.05, 3.63) is 101 Å². The zero-order valence-corrected chi connectivity index (χ0v) is 24.0. The molecule has 0 saturated heterocycles. The third kappa shape index (κ3) is 4.42. The van der Waals surface area contributed by atoms with Crippen LogP contribution in [0.25, 0.3) is 21.8 Å². The normalized spacial score (nSPS) is 13.6. The van der Waals surface area contributed by atoms with E-state index in [9.17, 15) is 0 Å². The van der Waals surface area contributed by atoms with E-state index in [2.05, 4.69) is 122 Å². The minimum Gasteiger partial charge on any atom is -0.455 e. The molecule has 0 unspecified atom stereocenters. The summed E-state index contributed by atoms with van der Waals surface area (Å²) in [6, 6.07) is 32.0. The van der Waals surface area contributed by atoms with E-state index in [1.54, 1.807) is 0 Å². The zero-order chi connectivity index (χ0) is 25.5. The molecule has 0 aliphatic heterocycles. The molecule has 0 bridgehead atoms. The van der Waals surface area contributed by atoms with Crippen molar-refractivity contribution in [1.29, 1.82) is 0 Å². The predicted molar refractivity (Wildman–Crippen MR) is 159 cm³/mol. The van der Waals surface area contributed by atoms with Gasteiger partial charge in [-0.2, -0.15) is 0 Å². The van der Waals surface area contributed by atoms with Crippen molar-refractivity contribution in [2.75, 3.05) is 0 Å². The van der Waals surface area contributed by atoms with Gasteiger partial charge in [-0.15, -0.1) is 0 Å². The highest BCUT2D eigenvalue weighted by atomic mass is 79.9. The van der Waals surface area contributed by atoms with Gasteiger partial charge in [-0.25, -0.2) is 4.74 Å². The summed E-state index contributed by atoms with van der Waals surface area (Å²) in [6.07, 6.45) is 0. The number of benzene rings is 4. The number of hydrogen-bond acceptors (Lipinski definition) is 2. The molecule has 0 amide bonds. The van der Waals surface area contributed by atoms with Crippen molar-refractivity contribution in [2.24, 2.45) is 4.74 Å². The molecular formula is C31H32BrN2OP. The van der Waals surface area contributed by atoms with Crippen LogP contribution in [-0.2, 0) is 6.54 Å². The van der Waals surface area contributed by atoms with Gasteiger partial charge in [-0.1, -0.05) is 78.7 Å². The monoisotopic (exact) mass is 558 g/mol. The molecule has 1 aromatic heterocycles. The third-order valence-corrected chi connectivity index (χ3v) is 10.9. The number of halogens is 1. The summed E-state index contributed by atoms with van der Waals surface area (Å²) >= 11 is 3.62. The highest BCUT2D eigenvalue weighted by Gasteiger charge is 2.39. The van der Waals surface area contributed by atoms with E-state index in [1.807, 2.05) is 24.3 Å². The molecule has 5 rings (SSSR count). The third-order valence-electron chi connectivity index (χ3n) is 6.66. The lowest BCUT2D eigenvalue weighted by Gasteiger charge is -2.37. The van der Waals surface area contributed by atoms with Crippen LogP contribution in [0, 0.1) is 6.92 Å². The first-order chi connectivity index (χ1) is 17.2. The van der Waals surface area contributed by atoms with Gasteiger partial charge >= 0.3 is 0 Å². The maximum absolute atomic E-state index is 7.07. The van der Waals surface area contributed by atoms with E-state index < -0.39 is 7.28 Å². The lowest BCUT2D eigenvalue weighted by molar-refractivity contribution is 0.571. The fourth-order valence-corrected chi connectivity index (χ4v) is 8.27. The van der Waals surface area contributed by atoms with E-state index >= 15 is 0 Å². The van der Waals surface area contributed by atoms with Crippen LogP contribution < -0.4 is 9.83 Å². The Morgan fingerprint density at radius 2 is 1.56 bits per heavy atom. The Labute approximate surface area is 222 Å². The maximum atomic E-state index is 7.07. The summed E-state index contributed by atoms with van der Waals surface area (Å²) in [5, 5.41) is 3.40. The summed E-state index contributed by atoms with van der Waals surface area (Å²) in [6.45, 7) is 12.0. The largest absolute Gasteiger partial charge is 0.455 e. The molecule has 0 aliphatic carbocycles. The first-order valence-corrected chi connectivity index (χ1v) is 14.8. The van der Waals surface area contributed by atoms with Gasteiger partial charge in [0.1, 0.15) is 5.75 Å². The molecule has 1 atom stereocenters. The van der Waals surface area contributed by atoms with Gasteiger partial charge in [-0.3, -0.25) is 0 Å². The van der Waals surface area contributed by atoms with Crippen LogP contribution in [0.2, 0.25) is 0 Å². The quantitative estimate of drug-likeness (QED) is 0.197. The number of para-hydroxylation sites is 1. The second kappa shape index (κ2) is 9.57. The molecule has 3 nitrogen and oxygen atoms in total. The van der Waals surface area contributed by atoms with Crippen LogP contribution in [0.5, 0.6) is 5.75 Å². The Kier molecular flexibility index (Phi) is 6.61. The van der Waals surface area contributed by atoms with Crippen molar-refractivity contribution in [3.8, 4) is 5.75 Å². The molecule has 0 N–H and O–H groups in total. The molecule has 0 aliphatic rings. The molecular weight excluding hydrogens is 527 g/mol. The van der Waals surface area contributed by atoms with Gasteiger partial charge in [-0.05, 0) is 68.4 Å². The summed E-state index contributed by atoms with van der Waals surface area (Å²) in [5.74, 6) is 0.819. The standard InChI is InChI=1S/C31H32BrN2OP/c1-6-34-29-13-8-7-12-27(29)28-21-26(18-19-30(28)34)36(31(3,4)5,33-24-16-14-22(2)15-17-24)35-25-11-9-10-23(32)20-25/h7-21H,6H2,1-5H3/t36-/m1/s1. The zero-order valence-electron chi connectivity index (χ0n) is 21.5. The number of aromatic nitrogens is 1. The Morgan fingerprint density at radius 1 is 0.833 bits per heavy atom. The summed E-state index contributed by atoms with van der Waals surface area (Å²) < 4.78 is 15.9. The Morgan fingerprint density at radius 3 is 2.25 bits per heavy atom. The van der Waals surface area contributed by atoms with Gasteiger partial charge < -0.3 is 9.09 Å². The minimum atomic E-state index is -2.60. The van der Waals surface area contributed by atoms with Crippen molar-refractivity contribution in [2.45, 2.75) is 46.3 Å². The number of hydrogen-bond donors (Lipinski definition) is 0. The van der Waals surface area contributed by atoms with Crippen LogP contribution >= 0.6 is 23.2 Å². The van der Waals surface area contributed by atoms with E-state index in [-0.39, 0.29) is 5.16 Å². The van der Waals surface area contributed by atoms with Crippen molar-refractivity contribution < 1.29 is 4.52 Å². The minimum absolute atomic E-state index is 0.253. The summed E-state index contributed by atoms with van der Waals surface area (Å²) in [4.78, 5) is 0. The van der Waals surface area contributed by atoms with Crippen LogP contribution in [0.1, 0.15) is 33.3 Å². The molecule has 36 heavy (non-hydrogen) atoms. The van der Waals surface area contributed by atoms with E-state index in [1.165, 1.54) is 27.4 Å². The first-order valence-electron chi connectivity index (χ1n) is 12.4. The molecule has 1 heterocycles. The Balaban J connectivity index is 1.84. The van der Waals surface area contributed by atoms with Crippen LogP contribution in [0.3, 0.4) is 0 Å². The van der Waals surface area contributed by atoms with E-state index in [0.717, 1.165) is 27.8 Å². The van der Waals surface area contributed by atoms with Gasteiger partial charge in [0.05, 0.1) is 5.69 Å². The fourth-order valence-electron chi connectivity index (χ4n) is 4.83. The lowest BCUT2D eigenvalue weighted by Crippen LogP contribution is -2.27. The highest BCUT2D eigenvalue weighted by Crippen LogP contribution is 2.62. The summed E-state index contributed by atoms with van der Waals surface area (Å²) in [7, 11) is -2.60. The Hall–Kier alpha value is -2.81. The predicted octanol–water partition coefficient (Wildman–Crippen LogP) is 9.84. The molecule has 0 fully saturated rings. The number of fused-ring (bicyclic) bond motifs is 3. The average Bonchev–Trinajstić information content (AvgIpc) is 3.17. The fraction of sp³-hybridized carbons (Fsp3) is 0.226. The number of aryl methyl sites for hydroxylation is 2. The van der Waals surface area contributed by atoms with Crippen LogP contribution in [0.4, 0.5) is 5.69 Å². The first kappa shape index (κ1) is 24.9. The number of rotatable bonds is 5. The van der Waals surface area contributed by atoms with Gasteiger partial charge in [0.2, 0.25) is 0 Å². The van der Waals surface area contributed by atoms with E-state index in [4.69, 9.17) is 9.27 Å². The molecule has 0 spiro atoms. The van der Waals surface area contributed by atoms with Gasteiger partial charge in [0.15, 0.2) is 7.28 Å². The van der Waals surface area contributed by atoms with Crippen LogP contribution in [-0.4, -0.2) is 9.72 Å². The second-order valence-electron chi connectivity index (χ2n) is 10.2. The van der Waals surface area contributed by atoms with Crippen molar-refractivity contribution in [3.63, 3.8) is 0 Å². The number of nitrogens with zero attached hydrogens (tertiary/aromatic N) is 2. The maximum Gasteiger partial charge on any atom is 0.173 e. The SMILES string of the molecule is CCn1c2ccccc2c2cc([P@@](=Nc3ccc(C)cc3)(Oc3cccc(Br)c3)C(C)(C)C)ccc21. The topological polar surface area (TPSA) is 26.5 Å².